The van der Waals surface area contributed by atoms with Crippen LogP contribution in [0.4, 0.5) is 4.39 Å². The second kappa shape index (κ2) is 4.93. The van der Waals surface area contributed by atoms with Crippen molar-refractivity contribution in [1.82, 2.24) is 5.32 Å². The molecule has 1 aliphatic rings. The fraction of sp³-hybridized carbons (Fsp3) is 0.364. The molecule has 2 atom stereocenters. The second-order valence-electron chi connectivity index (χ2n) is 3.81. The Morgan fingerprint density at radius 1 is 1.53 bits per heavy atom. The first-order chi connectivity index (χ1) is 8.08. The van der Waals surface area contributed by atoms with E-state index in [1.54, 1.807) is 6.07 Å². The van der Waals surface area contributed by atoms with E-state index in [0.717, 1.165) is 0 Å². The van der Waals surface area contributed by atoms with Crippen LogP contribution in [0.25, 0.3) is 0 Å². The summed E-state index contributed by atoms with van der Waals surface area (Å²) in [5.74, 6) is -1.28. The number of carboxylic acids is 1. The van der Waals surface area contributed by atoms with Crippen molar-refractivity contribution in [3.05, 3.63) is 29.6 Å². The molecule has 1 aromatic carbocycles. The number of carbonyl (C=O) groups is 1. The molecule has 0 aromatic heterocycles. The van der Waals surface area contributed by atoms with Crippen molar-refractivity contribution >= 4 is 17.7 Å². The van der Waals surface area contributed by atoms with Crippen molar-refractivity contribution in [3.63, 3.8) is 0 Å². The lowest BCUT2D eigenvalue weighted by molar-refractivity contribution is -0.139. The van der Waals surface area contributed by atoms with Crippen LogP contribution in [0, 0.1) is 5.82 Å². The van der Waals surface area contributed by atoms with Gasteiger partial charge in [0.25, 0.3) is 0 Å². The van der Waals surface area contributed by atoms with E-state index in [1.807, 2.05) is 0 Å². The smallest absolute Gasteiger partial charge is 0.320 e. The van der Waals surface area contributed by atoms with Gasteiger partial charge in [0.05, 0.1) is 5.37 Å². The van der Waals surface area contributed by atoms with Gasteiger partial charge in [-0.15, -0.1) is 11.8 Å². The maximum Gasteiger partial charge on any atom is 0.320 e. The number of phenolic OH excluding ortho intramolecular Hbond substituents is 1. The van der Waals surface area contributed by atoms with Crippen molar-refractivity contribution in [3.8, 4) is 5.75 Å². The lowest BCUT2D eigenvalue weighted by atomic mass is 10.1. The second-order valence-corrected chi connectivity index (χ2v) is 5.02. The summed E-state index contributed by atoms with van der Waals surface area (Å²) in [5, 5.41) is 20.7. The SMILES string of the molecule is O=C(O)C1CCSC(c2ccc(O)c(F)c2)N1. The van der Waals surface area contributed by atoms with Crippen LogP contribution in [-0.4, -0.2) is 28.0 Å². The zero-order valence-electron chi connectivity index (χ0n) is 8.89. The highest BCUT2D eigenvalue weighted by Gasteiger charge is 2.27. The Morgan fingerprint density at radius 3 is 2.94 bits per heavy atom. The average molecular weight is 257 g/mol. The van der Waals surface area contributed by atoms with Crippen molar-refractivity contribution in [2.45, 2.75) is 17.8 Å². The molecule has 2 rings (SSSR count). The first-order valence-electron chi connectivity index (χ1n) is 5.17. The summed E-state index contributed by atoms with van der Waals surface area (Å²) in [4.78, 5) is 10.9. The van der Waals surface area contributed by atoms with E-state index in [0.29, 0.717) is 17.7 Å². The minimum absolute atomic E-state index is 0.250. The maximum atomic E-state index is 13.2. The summed E-state index contributed by atoms with van der Waals surface area (Å²) in [6, 6.07) is 3.49. The number of halogens is 1. The minimum Gasteiger partial charge on any atom is -0.505 e. The van der Waals surface area contributed by atoms with Gasteiger partial charge in [-0.05, 0) is 29.9 Å². The van der Waals surface area contributed by atoms with E-state index >= 15 is 0 Å². The lowest BCUT2D eigenvalue weighted by Gasteiger charge is -2.28. The molecule has 1 saturated heterocycles. The van der Waals surface area contributed by atoms with Crippen LogP contribution in [-0.2, 0) is 4.79 Å². The summed E-state index contributed by atoms with van der Waals surface area (Å²) in [5.41, 5.74) is 0.635. The van der Waals surface area contributed by atoms with Crippen molar-refractivity contribution in [2.24, 2.45) is 0 Å². The molecule has 6 heteroatoms. The zero-order chi connectivity index (χ0) is 12.4. The molecule has 1 aliphatic heterocycles. The van der Waals surface area contributed by atoms with Gasteiger partial charge in [-0.3, -0.25) is 10.1 Å². The molecule has 1 heterocycles. The summed E-state index contributed by atoms with van der Waals surface area (Å²) >= 11 is 1.53. The highest BCUT2D eigenvalue weighted by molar-refractivity contribution is 7.99. The molecule has 17 heavy (non-hydrogen) atoms. The van der Waals surface area contributed by atoms with Crippen LogP contribution in [0.5, 0.6) is 5.75 Å². The Hall–Kier alpha value is -1.27. The minimum atomic E-state index is -0.894. The summed E-state index contributed by atoms with van der Waals surface area (Å²) in [6.45, 7) is 0. The molecule has 92 valence electrons. The first kappa shape index (κ1) is 12.2. The molecular formula is C11H12FNO3S. The molecule has 0 spiro atoms. The standard InChI is InChI=1S/C11H12FNO3S/c12-7-5-6(1-2-9(7)14)10-13-8(11(15)16)3-4-17-10/h1-2,5,8,10,13-14H,3-4H2,(H,15,16). The molecule has 1 aromatic rings. The number of phenols is 1. The number of carboxylic acid groups (broad SMARTS) is 1. The number of hydrogen-bond acceptors (Lipinski definition) is 4. The summed E-state index contributed by atoms with van der Waals surface area (Å²) < 4.78 is 13.2. The van der Waals surface area contributed by atoms with E-state index in [1.165, 1.54) is 23.9 Å². The Morgan fingerprint density at radius 2 is 2.29 bits per heavy atom. The van der Waals surface area contributed by atoms with Crippen LogP contribution in [0.2, 0.25) is 0 Å². The quantitative estimate of drug-likeness (QED) is 0.752. The third-order valence-electron chi connectivity index (χ3n) is 2.62. The Bertz CT molecular complexity index is 441. The topological polar surface area (TPSA) is 69.6 Å². The molecular weight excluding hydrogens is 245 g/mol. The van der Waals surface area contributed by atoms with Gasteiger partial charge in [-0.25, -0.2) is 4.39 Å². The Labute approximate surface area is 102 Å². The average Bonchev–Trinajstić information content (AvgIpc) is 2.33. The van der Waals surface area contributed by atoms with Crippen molar-refractivity contribution in [2.75, 3.05) is 5.75 Å². The van der Waals surface area contributed by atoms with Crippen LogP contribution in [0.3, 0.4) is 0 Å². The number of nitrogens with one attached hydrogen (secondary N) is 1. The van der Waals surface area contributed by atoms with Gasteiger partial charge in [0.1, 0.15) is 6.04 Å². The molecule has 2 unspecified atom stereocenters. The Balaban J connectivity index is 2.16. The third kappa shape index (κ3) is 2.70. The number of hydrogen-bond donors (Lipinski definition) is 3. The van der Waals surface area contributed by atoms with Gasteiger partial charge in [0, 0.05) is 0 Å². The maximum absolute atomic E-state index is 13.2. The number of rotatable bonds is 2. The van der Waals surface area contributed by atoms with Gasteiger partial charge in [-0.1, -0.05) is 6.07 Å². The van der Waals surface area contributed by atoms with Gasteiger partial charge in [0.2, 0.25) is 0 Å². The van der Waals surface area contributed by atoms with Crippen LogP contribution in [0.15, 0.2) is 18.2 Å². The first-order valence-corrected chi connectivity index (χ1v) is 6.21. The lowest BCUT2D eigenvalue weighted by Crippen LogP contribution is -2.41. The molecule has 3 N–H and O–H groups in total. The van der Waals surface area contributed by atoms with Crippen LogP contribution in [0.1, 0.15) is 17.4 Å². The number of benzene rings is 1. The van der Waals surface area contributed by atoms with E-state index in [2.05, 4.69) is 5.32 Å². The molecule has 1 fully saturated rings. The predicted octanol–water partition coefficient (Wildman–Crippen LogP) is 1.71. The summed E-state index contributed by atoms with van der Waals surface area (Å²) in [6.07, 6.45) is 0.553. The van der Waals surface area contributed by atoms with E-state index < -0.39 is 23.6 Å². The molecule has 0 radical (unpaired) electrons. The van der Waals surface area contributed by atoms with Gasteiger partial charge >= 0.3 is 5.97 Å². The van der Waals surface area contributed by atoms with E-state index in [9.17, 15) is 9.18 Å². The van der Waals surface area contributed by atoms with Crippen molar-refractivity contribution in [1.29, 1.82) is 0 Å². The van der Waals surface area contributed by atoms with Gasteiger partial charge < -0.3 is 10.2 Å². The molecule has 0 amide bonds. The monoisotopic (exact) mass is 257 g/mol. The normalized spacial score (nSPS) is 24.5. The zero-order valence-corrected chi connectivity index (χ0v) is 9.71. The summed E-state index contributed by atoms with van der Waals surface area (Å²) in [7, 11) is 0. The van der Waals surface area contributed by atoms with Crippen LogP contribution < -0.4 is 5.32 Å². The van der Waals surface area contributed by atoms with E-state index in [4.69, 9.17) is 10.2 Å². The number of aliphatic carboxylic acids is 1. The number of thioether (sulfide) groups is 1. The number of aromatic hydroxyl groups is 1. The largest absolute Gasteiger partial charge is 0.505 e. The van der Waals surface area contributed by atoms with Crippen LogP contribution >= 0.6 is 11.8 Å². The fourth-order valence-corrected chi connectivity index (χ4v) is 2.90. The molecule has 4 nitrogen and oxygen atoms in total. The molecule has 0 aliphatic carbocycles. The van der Waals surface area contributed by atoms with Gasteiger partial charge in [-0.2, -0.15) is 0 Å². The highest BCUT2D eigenvalue weighted by Crippen LogP contribution is 2.33. The molecule has 0 bridgehead atoms. The predicted molar refractivity (Wildman–Crippen MR) is 62.4 cm³/mol. The fourth-order valence-electron chi connectivity index (χ4n) is 1.69. The third-order valence-corrected chi connectivity index (χ3v) is 3.83. The Kier molecular flexibility index (Phi) is 3.54. The molecule has 0 saturated carbocycles. The van der Waals surface area contributed by atoms with Gasteiger partial charge in [0.15, 0.2) is 11.6 Å². The van der Waals surface area contributed by atoms with E-state index in [-0.39, 0.29) is 5.37 Å². The highest BCUT2D eigenvalue weighted by atomic mass is 32.2. The van der Waals surface area contributed by atoms with Crippen molar-refractivity contribution < 1.29 is 19.4 Å².